The molecule has 0 aromatic heterocycles. The van der Waals surface area contributed by atoms with Crippen LogP contribution in [0.1, 0.15) is 22.3 Å². The molecule has 0 aliphatic heterocycles. The summed E-state index contributed by atoms with van der Waals surface area (Å²) in [5.74, 6) is -0.997. The van der Waals surface area contributed by atoms with E-state index in [4.69, 9.17) is 21.3 Å². The van der Waals surface area contributed by atoms with Crippen LogP contribution in [-0.4, -0.2) is 35.3 Å². The summed E-state index contributed by atoms with van der Waals surface area (Å²) in [6.45, 7) is 0. The molecular weight excluding hydrogens is 978 g/mol. The minimum absolute atomic E-state index is 0.00975. The molecule has 0 atom stereocenters. The molecule has 5 rings (SSSR count). The molecule has 0 aliphatic carbocycles. The highest BCUT2D eigenvalue weighted by Gasteiger charge is 2.44. The lowest BCUT2D eigenvalue weighted by Crippen LogP contribution is -2.21. The summed E-state index contributed by atoms with van der Waals surface area (Å²) in [4.78, 5) is -2.51. The van der Waals surface area contributed by atoms with E-state index in [1.807, 2.05) is 0 Å². The van der Waals surface area contributed by atoms with Gasteiger partial charge < -0.3 is 8.37 Å². The van der Waals surface area contributed by atoms with Crippen molar-refractivity contribution in [2.24, 2.45) is 0 Å². The molecule has 28 heteroatoms. The first-order valence-corrected chi connectivity index (χ1v) is 20.6. The highest BCUT2D eigenvalue weighted by atomic mass is 32.2. The van der Waals surface area contributed by atoms with Gasteiger partial charge in [0.05, 0.1) is 22.3 Å². The van der Waals surface area contributed by atoms with Crippen molar-refractivity contribution in [3.8, 4) is 33.8 Å². The van der Waals surface area contributed by atoms with Gasteiger partial charge in [0.15, 0.2) is 0 Å². The van der Waals surface area contributed by atoms with Crippen LogP contribution in [0.25, 0.3) is 22.3 Å². The zero-order valence-corrected chi connectivity index (χ0v) is 33.2. The van der Waals surface area contributed by atoms with E-state index in [9.17, 15) is 82.7 Å². The van der Waals surface area contributed by atoms with E-state index in [0.717, 1.165) is 24.3 Å². The topological polar surface area (TPSA) is 141 Å². The molecule has 0 fully saturated rings. The summed E-state index contributed by atoms with van der Waals surface area (Å²) < 4.78 is 278. The Balaban J connectivity index is 0.000000990. The van der Waals surface area contributed by atoms with E-state index in [1.54, 1.807) is 12.1 Å². The Morgan fingerprint density at radius 3 is 1.03 bits per heavy atom. The Kier molecular flexibility index (Phi) is 13.9. The molecule has 0 radical (unpaired) electrons. The molecule has 0 saturated heterocycles. The highest BCUT2D eigenvalue weighted by Crippen LogP contribution is 2.41. The second kappa shape index (κ2) is 17.4. The molecule has 5 aromatic rings. The molecule has 1 N–H and O–H groups in total. The fourth-order valence-electron chi connectivity index (χ4n) is 4.94. The minimum atomic E-state index is -5.84. The lowest BCUT2D eigenvalue weighted by molar-refractivity contribution is -0.145. The van der Waals surface area contributed by atoms with Gasteiger partial charge in [-0.25, -0.2) is 0 Å². The third-order valence-electron chi connectivity index (χ3n) is 7.75. The van der Waals surface area contributed by atoms with Crippen LogP contribution in [-0.2, 0) is 55.1 Å². The van der Waals surface area contributed by atoms with Crippen LogP contribution < -0.4 is 8.37 Å². The first kappa shape index (κ1) is 50.5. The first-order chi connectivity index (χ1) is 28.4. The summed E-state index contributed by atoms with van der Waals surface area (Å²) in [7, 11) is -16.3. The van der Waals surface area contributed by atoms with Crippen LogP contribution in [0, 0.1) is 0 Å². The Bertz CT molecular complexity index is 2750. The van der Waals surface area contributed by atoms with Crippen LogP contribution in [0.2, 0.25) is 0 Å². The molecule has 0 spiro atoms. The van der Waals surface area contributed by atoms with Crippen molar-refractivity contribution in [1.29, 1.82) is 0 Å². The van der Waals surface area contributed by atoms with Crippen LogP contribution in [0.15, 0.2) is 118 Å². The van der Waals surface area contributed by atoms with Crippen molar-refractivity contribution in [2.45, 2.75) is 44.9 Å². The van der Waals surface area contributed by atoms with E-state index >= 15 is 0 Å². The number of halogens is 15. The zero-order chi connectivity index (χ0) is 47.9. The van der Waals surface area contributed by atoms with Crippen molar-refractivity contribution in [2.75, 3.05) is 0 Å². The molecule has 9 nitrogen and oxygen atoms in total. The van der Waals surface area contributed by atoms with E-state index in [2.05, 4.69) is 12.6 Å². The average molecular weight is 997 g/mol. The SMILES string of the molecule is O=S(=O)(O)C(F)(F)F.O=S(=O)(Oc1ccc(-c2cccc(S)c2-c2ccc(OS(=O)(=O)c3cc(C(F)(F)F)cc(C(F)(F)F)c3)cc2)cc1)c1cc(C(F)(F)F)cc(C(F)(F)F)c1. The maximum atomic E-state index is 13.3. The van der Waals surface area contributed by atoms with Gasteiger partial charge in [-0.1, -0.05) is 36.4 Å². The lowest BCUT2D eigenvalue weighted by atomic mass is 9.94. The largest absolute Gasteiger partial charge is 0.522 e. The Morgan fingerprint density at radius 1 is 0.444 bits per heavy atom. The van der Waals surface area contributed by atoms with Crippen molar-refractivity contribution in [3.63, 3.8) is 0 Å². The van der Waals surface area contributed by atoms with E-state index in [-0.39, 0.29) is 36.4 Å². The number of rotatable bonds is 8. The van der Waals surface area contributed by atoms with Crippen molar-refractivity contribution in [3.05, 3.63) is 125 Å². The first-order valence-electron chi connectivity index (χ1n) is 15.9. The zero-order valence-electron chi connectivity index (χ0n) is 29.9. The Morgan fingerprint density at radius 2 is 0.746 bits per heavy atom. The number of hydrogen-bond donors (Lipinski definition) is 2. The summed E-state index contributed by atoms with van der Waals surface area (Å²) >= 11 is 4.44. The third kappa shape index (κ3) is 12.7. The molecule has 0 amide bonds. The van der Waals surface area contributed by atoms with Crippen LogP contribution in [0.5, 0.6) is 11.5 Å². The predicted molar refractivity (Wildman–Crippen MR) is 191 cm³/mol. The average Bonchev–Trinajstić information content (AvgIpc) is 3.13. The number of hydrogen-bond acceptors (Lipinski definition) is 9. The van der Waals surface area contributed by atoms with Gasteiger partial charge >= 0.3 is 60.6 Å². The Labute approximate surface area is 350 Å². The summed E-state index contributed by atoms with van der Waals surface area (Å²) in [5, 5.41) is 0. The second-order valence-corrected chi connectivity index (χ2v) is 17.2. The third-order valence-corrected chi connectivity index (χ3v) is 11.2. The number of alkyl halides is 15. The van der Waals surface area contributed by atoms with Gasteiger partial charge in [0.2, 0.25) is 0 Å². The maximum absolute atomic E-state index is 13.3. The van der Waals surface area contributed by atoms with Gasteiger partial charge in [0, 0.05) is 10.5 Å². The van der Waals surface area contributed by atoms with E-state index in [1.165, 1.54) is 30.3 Å². The summed E-state index contributed by atoms with van der Waals surface area (Å²) in [5.41, 5.74) is -11.7. The smallest absolute Gasteiger partial charge is 0.379 e. The monoisotopic (exact) mass is 996 g/mol. The normalized spacial score (nSPS) is 13.2. The lowest BCUT2D eigenvalue weighted by Gasteiger charge is -2.16. The van der Waals surface area contributed by atoms with Crippen LogP contribution >= 0.6 is 12.6 Å². The van der Waals surface area contributed by atoms with Crippen LogP contribution in [0.3, 0.4) is 0 Å². The van der Waals surface area contributed by atoms with Gasteiger partial charge in [-0.15, -0.1) is 12.6 Å². The van der Waals surface area contributed by atoms with Gasteiger partial charge in [0.1, 0.15) is 21.3 Å². The number of benzene rings is 5. The van der Waals surface area contributed by atoms with Crippen molar-refractivity contribution < 1.29 is 104 Å². The Hall–Kier alpha value is -5.19. The van der Waals surface area contributed by atoms with Crippen LogP contribution in [0.4, 0.5) is 65.9 Å². The molecule has 5 aromatic carbocycles. The van der Waals surface area contributed by atoms with Crippen molar-refractivity contribution in [1.82, 2.24) is 0 Å². The maximum Gasteiger partial charge on any atom is 0.522 e. The number of thiol groups is 1. The van der Waals surface area contributed by atoms with E-state index in [0.29, 0.717) is 27.1 Å². The fraction of sp³-hybridized carbons (Fsp3) is 0.143. The highest BCUT2D eigenvalue weighted by molar-refractivity contribution is 7.87. The van der Waals surface area contributed by atoms with Gasteiger partial charge in [-0.3, -0.25) is 4.55 Å². The molecule has 63 heavy (non-hydrogen) atoms. The fourth-order valence-corrected chi connectivity index (χ4v) is 7.28. The van der Waals surface area contributed by atoms with Gasteiger partial charge in [-0.05, 0) is 83.4 Å². The molecule has 0 saturated carbocycles. The molecule has 0 unspecified atom stereocenters. The molecule has 0 aliphatic rings. The summed E-state index contributed by atoms with van der Waals surface area (Å²) in [6.07, 6.45) is -21.3. The molecule has 342 valence electrons. The van der Waals surface area contributed by atoms with Gasteiger partial charge in [0.25, 0.3) is 0 Å². The van der Waals surface area contributed by atoms with Gasteiger partial charge in [-0.2, -0.15) is 91.1 Å². The quantitative estimate of drug-likeness (QED) is 0.0511. The molecule has 0 bridgehead atoms. The molecule has 0 heterocycles. The standard InChI is InChI=1S/C34H18F12O6S3.CHF3O3S/c35-31(36,37)20-12-21(32(38,39)40)15-26(14-20)54(47,48)51-24-8-4-18(5-9-24)28-2-1-3-29(53)30(28)19-6-10-25(11-7-19)52-55(49,50)27-16-22(33(41,42)43)13-23(17-27)34(44,45)46;2-1(3,4)8(5,6)7/h1-17,53H;(H,5,6,7). The van der Waals surface area contributed by atoms with E-state index < -0.39 is 104 Å². The second-order valence-electron chi connectivity index (χ2n) is 12.2. The minimum Gasteiger partial charge on any atom is -0.379 e. The van der Waals surface area contributed by atoms with Crippen molar-refractivity contribution >= 4 is 43.0 Å². The summed E-state index contributed by atoms with van der Waals surface area (Å²) in [6, 6.07) is 13.5. The predicted octanol–water partition coefficient (Wildman–Crippen LogP) is 11.3. The molecular formula is C35H19F15O9S4.